The zero-order chi connectivity index (χ0) is 20.8. The summed E-state index contributed by atoms with van der Waals surface area (Å²) in [5, 5.41) is 4.44. The number of amides is 1. The maximum absolute atomic E-state index is 12.9. The maximum Gasteiger partial charge on any atom is 0.339 e. The Morgan fingerprint density at radius 1 is 1.28 bits per heavy atom. The molecule has 29 heavy (non-hydrogen) atoms. The molecule has 8 nitrogen and oxygen atoms in total. The lowest BCUT2D eigenvalue weighted by Crippen LogP contribution is -2.28. The third-order valence-corrected chi connectivity index (χ3v) is 5.09. The molecule has 0 radical (unpaired) electrons. The smallest absolute Gasteiger partial charge is 0.339 e. The Balaban J connectivity index is 1.82. The summed E-state index contributed by atoms with van der Waals surface area (Å²) in [7, 11) is 1.50. The number of nitrogens with zero attached hydrogens (tertiary/aromatic N) is 2. The van der Waals surface area contributed by atoms with Crippen LogP contribution in [0.25, 0.3) is 10.2 Å². The summed E-state index contributed by atoms with van der Waals surface area (Å²) in [4.78, 5) is 42.2. The van der Waals surface area contributed by atoms with Crippen molar-refractivity contribution >= 4 is 39.1 Å². The third kappa shape index (κ3) is 4.62. The van der Waals surface area contributed by atoms with Gasteiger partial charge in [0.15, 0.2) is 0 Å². The van der Waals surface area contributed by atoms with Crippen LogP contribution in [-0.2, 0) is 16.1 Å². The van der Waals surface area contributed by atoms with E-state index in [0.29, 0.717) is 22.9 Å². The van der Waals surface area contributed by atoms with E-state index in [1.807, 2.05) is 6.92 Å². The minimum absolute atomic E-state index is 0.170. The number of para-hydroxylation sites is 2. The van der Waals surface area contributed by atoms with E-state index < -0.39 is 17.4 Å². The lowest BCUT2D eigenvalue weighted by atomic mass is 10.2. The molecule has 3 rings (SSSR count). The summed E-state index contributed by atoms with van der Waals surface area (Å²) >= 11 is 1.19. The van der Waals surface area contributed by atoms with Crippen molar-refractivity contribution in [2.45, 2.75) is 26.3 Å². The molecule has 1 amide bonds. The van der Waals surface area contributed by atoms with Crippen LogP contribution in [0.4, 0.5) is 5.69 Å². The van der Waals surface area contributed by atoms with Crippen LogP contribution in [0.3, 0.4) is 0 Å². The number of esters is 1. The molecule has 9 heteroatoms. The zero-order valence-electron chi connectivity index (χ0n) is 16.1. The SMILES string of the molecule is CCCCOC(=O)c1csc2ncn(CC(=O)Nc3ccccc3OC)c(=O)c12. The summed E-state index contributed by atoms with van der Waals surface area (Å²) in [5.74, 6) is -0.461. The summed E-state index contributed by atoms with van der Waals surface area (Å²) in [6, 6.07) is 6.97. The molecule has 1 aromatic carbocycles. The van der Waals surface area contributed by atoms with Crippen molar-refractivity contribution < 1.29 is 19.1 Å². The fourth-order valence-electron chi connectivity index (χ4n) is 2.71. The zero-order valence-corrected chi connectivity index (χ0v) is 17.0. The largest absolute Gasteiger partial charge is 0.495 e. The van der Waals surface area contributed by atoms with Crippen molar-refractivity contribution in [3.63, 3.8) is 0 Å². The second kappa shape index (κ2) is 9.33. The first-order chi connectivity index (χ1) is 14.0. The van der Waals surface area contributed by atoms with Gasteiger partial charge in [-0.25, -0.2) is 9.78 Å². The molecular weight excluding hydrogens is 394 g/mol. The number of hydrogen-bond donors (Lipinski definition) is 1. The number of thiophene rings is 1. The van der Waals surface area contributed by atoms with Crippen molar-refractivity contribution in [2.75, 3.05) is 19.0 Å². The molecule has 0 saturated heterocycles. The van der Waals surface area contributed by atoms with Gasteiger partial charge in [-0.05, 0) is 18.6 Å². The van der Waals surface area contributed by atoms with Gasteiger partial charge in [0, 0.05) is 5.38 Å². The third-order valence-electron chi connectivity index (χ3n) is 4.21. The number of carbonyl (C=O) groups is 2. The molecule has 2 aromatic heterocycles. The Morgan fingerprint density at radius 3 is 2.83 bits per heavy atom. The molecule has 0 saturated carbocycles. The average molecular weight is 415 g/mol. The van der Waals surface area contributed by atoms with E-state index in [0.717, 1.165) is 12.8 Å². The van der Waals surface area contributed by atoms with Crippen LogP contribution in [0.5, 0.6) is 5.75 Å². The Kier molecular flexibility index (Phi) is 6.61. The van der Waals surface area contributed by atoms with Gasteiger partial charge in [0.1, 0.15) is 17.1 Å². The highest BCUT2D eigenvalue weighted by Gasteiger charge is 2.19. The van der Waals surface area contributed by atoms with Crippen molar-refractivity contribution in [3.05, 3.63) is 51.9 Å². The molecule has 1 N–H and O–H groups in total. The molecular formula is C20H21N3O5S. The summed E-state index contributed by atoms with van der Waals surface area (Å²) < 4.78 is 11.6. The van der Waals surface area contributed by atoms with Gasteiger partial charge in [0.25, 0.3) is 5.56 Å². The van der Waals surface area contributed by atoms with Crippen LogP contribution >= 0.6 is 11.3 Å². The second-order valence-corrected chi connectivity index (χ2v) is 7.10. The number of hydrogen-bond acceptors (Lipinski definition) is 7. The van der Waals surface area contributed by atoms with Crippen molar-refractivity contribution in [3.8, 4) is 5.75 Å². The first-order valence-corrected chi connectivity index (χ1v) is 9.99. The minimum Gasteiger partial charge on any atom is -0.495 e. The number of aromatic nitrogens is 2. The molecule has 0 unspecified atom stereocenters. The summed E-state index contributed by atoms with van der Waals surface area (Å²) in [6.45, 7) is 2.04. The van der Waals surface area contributed by atoms with Crippen LogP contribution < -0.4 is 15.6 Å². The molecule has 0 fully saturated rings. The van der Waals surface area contributed by atoms with Gasteiger partial charge in [-0.15, -0.1) is 11.3 Å². The maximum atomic E-state index is 12.9. The molecule has 0 aliphatic heterocycles. The molecule has 2 heterocycles. The highest BCUT2D eigenvalue weighted by molar-refractivity contribution is 7.17. The van der Waals surface area contributed by atoms with Gasteiger partial charge in [-0.1, -0.05) is 25.5 Å². The standard InChI is InChI=1S/C20H21N3O5S/c1-3-4-9-28-20(26)13-11-29-18-17(13)19(25)23(12-21-18)10-16(24)22-14-7-5-6-8-15(14)27-2/h5-8,11-12H,3-4,9-10H2,1-2H3,(H,22,24). The van der Waals surface area contributed by atoms with Gasteiger partial charge in [0.2, 0.25) is 5.91 Å². The Morgan fingerprint density at radius 2 is 2.07 bits per heavy atom. The fraction of sp³-hybridized carbons (Fsp3) is 0.300. The van der Waals surface area contributed by atoms with Gasteiger partial charge < -0.3 is 14.8 Å². The monoisotopic (exact) mass is 415 g/mol. The summed E-state index contributed by atoms with van der Waals surface area (Å²) in [6.07, 6.45) is 2.95. The molecule has 0 spiro atoms. The Labute approximate surface area is 171 Å². The predicted octanol–water partition coefficient (Wildman–Crippen LogP) is 3.06. The van der Waals surface area contributed by atoms with Gasteiger partial charge in [-0.2, -0.15) is 0 Å². The number of fused-ring (bicyclic) bond motifs is 1. The van der Waals surface area contributed by atoms with Gasteiger partial charge in [0.05, 0.1) is 36.7 Å². The van der Waals surface area contributed by atoms with E-state index in [1.54, 1.807) is 29.6 Å². The van der Waals surface area contributed by atoms with Crippen LogP contribution in [-0.4, -0.2) is 35.1 Å². The number of unbranched alkanes of at least 4 members (excludes halogenated alkanes) is 1. The highest BCUT2D eigenvalue weighted by atomic mass is 32.1. The van der Waals surface area contributed by atoms with Crippen molar-refractivity contribution in [2.24, 2.45) is 0 Å². The Bertz CT molecular complexity index is 1090. The molecule has 0 aliphatic rings. The van der Waals surface area contributed by atoms with Gasteiger partial charge >= 0.3 is 5.97 Å². The number of carbonyl (C=O) groups excluding carboxylic acids is 2. The number of methoxy groups -OCH3 is 1. The van der Waals surface area contributed by atoms with E-state index >= 15 is 0 Å². The number of anilines is 1. The van der Waals surface area contributed by atoms with Crippen molar-refractivity contribution in [1.29, 1.82) is 0 Å². The Hall–Kier alpha value is -3.20. The first kappa shape index (κ1) is 20.5. The van der Waals surface area contributed by atoms with Crippen LogP contribution in [0.15, 0.2) is 40.8 Å². The van der Waals surface area contributed by atoms with E-state index in [2.05, 4.69) is 10.3 Å². The van der Waals surface area contributed by atoms with Crippen molar-refractivity contribution in [1.82, 2.24) is 9.55 Å². The first-order valence-electron chi connectivity index (χ1n) is 9.11. The lowest BCUT2D eigenvalue weighted by Gasteiger charge is -2.10. The van der Waals surface area contributed by atoms with Crippen LogP contribution in [0.1, 0.15) is 30.1 Å². The summed E-state index contributed by atoms with van der Waals surface area (Å²) in [5.41, 5.74) is 0.213. The van der Waals surface area contributed by atoms with Crippen LogP contribution in [0, 0.1) is 0 Å². The fourth-order valence-corrected chi connectivity index (χ4v) is 3.58. The van der Waals surface area contributed by atoms with Gasteiger partial charge in [-0.3, -0.25) is 14.2 Å². The number of nitrogens with one attached hydrogen (secondary N) is 1. The number of benzene rings is 1. The lowest BCUT2D eigenvalue weighted by molar-refractivity contribution is -0.116. The van der Waals surface area contributed by atoms with E-state index in [4.69, 9.17) is 9.47 Å². The highest BCUT2D eigenvalue weighted by Crippen LogP contribution is 2.23. The molecule has 0 aliphatic carbocycles. The normalized spacial score (nSPS) is 10.7. The van der Waals surface area contributed by atoms with E-state index in [9.17, 15) is 14.4 Å². The molecule has 152 valence electrons. The van der Waals surface area contributed by atoms with E-state index in [1.165, 1.54) is 29.3 Å². The minimum atomic E-state index is -0.556. The predicted molar refractivity (Wildman–Crippen MR) is 111 cm³/mol. The molecule has 3 aromatic rings. The number of ether oxygens (including phenoxy) is 2. The molecule has 0 atom stereocenters. The quantitative estimate of drug-likeness (QED) is 0.448. The topological polar surface area (TPSA) is 99.5 Å². The van der Waals surface area contributed by atoms with Crippen LogP contribution in [0.2, 0.25) is 0 Å². The molecule has 0 bridgehead atoms. The average Bonchev–Trinajstić information content (AvgIpc) is 3.15. The number of rotatable bonds is 8. The second-order valence-electron chi connectivity index (χ2n) is 6.25. The van der Waals surface area contributed by atoms with E-state index in [-0.39, 0.29) is 17.5 Å².